The molecule has 0 radical (unpaired) electrons. The monoisotopic (exact) mass is 283 g/mol. The van der Waals surface area contributed by atoms with Gasteiger partial charge in [0.1, 0.15) is 12.2 Å². The zero-order valence-corrected chi connectivity index (χ0v) is 11.6. The minimum absolute atomic E-state index is 0.120. The molecule has 0 aliphatic rings. The number of rotatable bonds is 6. The van der Waals surface area contributed by atoms with Crippen molar-refractivity contribution in [2.45, 2.75) is 26.8 Å². The Morgan fingerprint density at radius 1 is 1.50 bits per heavy atom. The first-order valence-electron chi connectivity index (χ1n) is 6.15. The minimum atomic E-state index is -1.13. The van der Waals surface area contributed by atoms with Crippen LogP contribution in [0.4, 0.5) is 5.69 Å². The summed E-state index contributed by atoms with van der Waals surface area (Å²) in [5.41, 5.74) is -0.0665. The zero-order chi connectivity index (χ0) is 15.4. The van der Waals surface area contributed by atoms with Crippen molar-refractivity contribution in [1.29, 1.82) is 0 Å². The predicted octanol–water partition coefficient (Wildman–Crippen LogP) is 1.52. The van der Waals surface area contributed by atoms with E-state index in [4.69, 9.17) is 5.11 Å². The average Bonchev–Trinajstić information content (AvgIpc) is 2.80. The highest BCUT2D eigenvalue weighted by molar-refractivity contribution is 5.95. The molecule has 0 aromatic carbocycles. The number of likely N-dealkylation sites (N-methyl/N-ethyl adjacent to an activating group) is 1. The Labute approximate surface area is 115 Å². The molecular weight excluding hydrogens is 266 g/mol. The number of aliphatic carboxylic acids is 1. The van der Waals surface area contributed by atoms with Crippen LogP contribution in [0.5, 0.6) is 0 Å². The zero-order valence-electron chi connectivity index (χ0n) is 11.6. The molecule has 110 valence electrons. The van der Waals surface area contributed by atoms with Crippen molar-refractivity contribution in [3.05, 3.63) is 28.1 Å². The first-order chi connectivity index (χ1) is 9.27. The average molecular weight is 283 g/mol. The van der Waals surface area contributed by atoms with Crippen molar-refractivity contribution in [2.24, 2.45) is 0 Å². The Morgan fingerprint density at radius 2 is 2.10 bits per heavy atom. The Hall–Kier alpha value is -2.38. The summed E-state index contributed by atoms with van der Waals surface area (Å²) in [6.07, 6.45) is 1.28. The largest absolute Gasteiger partial charge is 0.480 e. The van der Waals surface area contributed by atoms with E-state index in [0.29, 0.717) is 0 Å². The molecule has 1 heterocycles. The van der Waals surface area contributed by atoms with Gasteiger partial charge in [0.15, 0.2) is 0 Å². The van der Waals surface area contributed by atoms with E-state index in [-0.39, 0.29) is 24.0 Å². The molecule has 0 atom stereocenters. The van der Waals surface area contributed by atoms with Gasteiger partial charge < -0.3 is 14.6 Å². The third-order valence-corrected chi connectivity index (χ3v) is 2.82. The Bertz CT molecular complexity index is 535. The molecule has 1 N–H and O–H groups in total. The van der Waals surface area contributed by atoms with E-state index in [0.717, 1.165) is 4.90 Å². The summed E-state index contributed by atoms with van der Waals surface area (Å²) in [6.45, 7) is 4.99. The number of aromatic nitrogens is 1. The SMILES string of the molecule is CCN(CC(=O)O)C(=O)c1cc([N+](=O)[O-])cn1C(C)C. The summed E-state index contributed by atoms with van der Waals surface area (Å²) in [7, 11) is 0. The molecule has 8 nitrogen and oxygen atoms in total. The fourth-order valence-corrected chi connectivity index (χ4v) is 1.82. The quantitative estimate of drug-likeness (QED) is 0.629. The van der Waals surface area contributed by atoms with Crippen molar-refractivity contribution in [1.82, 2.24) is 9.47 Å². The molecule has 1 aromatic rings. The second kappa shape index (κ2) is 6.18. The van der Waals surface area contributed by atoms with Crippen LogP contribution in [0.15, 0.2) is 12.3 Å². The van der Waals surface area contributed by atoms with E-state index in [1.54, 1.807) is 20.8 Å². The number of hydrogen-bond acceptors (Lipinski definition) is 4. The normalized spacial score (nSPS) is 10.6. The van der Waals surface area contributed by atoms with Gasteiger partial charge in [-0.2, -0.15) is 0 Å². The van der Waals surface area contributed by atoms with Crippen LogP contribution in [0.25, 0.3) is 0 Å². The van der Waals surface area contributed by atoms with E-state index >= 15 is 0 Å². The second-order valence-electron chi connectivity index (χ2n) is 4.55. The first-order valence-corrected chi connectivity index (χ1v) is 6.15. The number of amides is 1. The molecule has 0 aliphatic heterocycles. The fraction of sp³-hybridized carbons (Fsp3) is 0.500. The van der Waals surface area contributed by atoms with Crippen molar-refractivity contribution in [3.63, 3.8) is 0 Å². The van der Waals surface area contributed by atoms with Gasteiger partial charge in [0.25, 0.3) is 11.6 Å². The molecular formula is C12H17N3O5. The molecule has 8 heteroatoms. The number of carbonyl (C=O) groups excluding carboxylic acids is 1. The van der Waals surface area contributed by atoms with Crippen LogP contribution in [-0.4, -0.2) is 44.5 Å². The third-order valence-electron chi connectivity index (χ3n) is 2.82. The summed E-state index contributed by atoms with van der Waals surface area (Å²) in [5.74, 6) is -1.66. The van der Waals surface area contributed by atoms with E-state index in [2.05, 4.69) is 0 Å². The van der Waals surface area contributed by atoms with Crippen molar-refractivity contribution in [3.8, 4) is 0 Å². The van der Waals surface area contributed by atoms with Gasteiger partial charge in [0, 0.05) is 18.7 Å². The standard InChI is InChI=1S/C12H17N3O5/c1-4-13(7-11(16)17)12(18)10-5-9(15(19)20)6-14(10)8(2)3/h5-6,8H,4,7H2,1-3H3,(H,16,17). The van der Waals surface area contributed by atoms with E-state index in [9.17, 15) is 19.7 Å². The van der Waals surface area contributed by atoms with Gasteiger partial charge in [-0.1, -0.05) is 0 Å². The van der Waals surface area contributed by atoms with Crippen LogP contribution >= 0.6 is 0 Å². The minimum Gasteiger partial charge on any atom is -0.480 e. The highest BCUT2D eigenvalue weighted by Gasteiger charge is 2.25. The number of nitro groups is 1. The fourth-order valence-electron chi connectivity index (χ4n) is 1.82. The van der Waals surface area contributed by atoms with Gasteiger partial charge >= 0.3 is 5.97 Å². The molecule has 1 rings (SSSR count). The Balaban J connectivity index is 3.19. The Kier molecular flexibility index (Phi) is 4.84. The predicted molar refractivity (Wildman–Crippen MR) is 70.7 cm³/mol. The van der Waals surface area contributed by atoms with Crippen LogP contribution in [0.2, 0.25) is 0 Å². The number of carboxylic acids is 1. The maximum absolute atomic E-state index is 12.3. The lowest BCUT2D eigenvalue weighted by atomic mass is 10.3. The summed E-state index contributed by atoms with van der Waals surface area (Å²) in [5, 5.41) is 19.6. The molecule has 0 saturated carbocycles. The van der Waals surface area contributed by atoms with Gasteiger partial charge in [-0.25, -0.2) is 0 Å². The second-order valence-corrected chi connectivity index (χ2v) is 4.55. The van der Waals surface area contributed by atoms with E-state index in [1.165, 1.54) is 16.8 Å². The van der Waals surface area contributed by atoms with Gasteiger partial charge in [-0.3, -0.25) is 19.7 Å². The summed E-state index contributed by atoms with van der Waals surface area (Å²) < 4.78 is 1.48. The lowest BCUT2D eigenvalue weighted by Gasteiger charge is -2.20. The van der Waals surface area contributed by atoms with Crippen LogP contribution < -0.4 is 0 Å². The maximum Gasteiger partial charge on any atom is 0.323 e. The lowest BCUT2D eigenvalue weighted by molar-refractivity contribution is -0.384. The summed E-state index contributed by atoms with van der Waals surface area (Å²) in [6, 6.07) is 1.03. The van der Waals surface area contributed by atoms with Crippen LogP contribution in [0, 0.1) is 10.1 Å². The molecule has 0 bridgehead atoms. The third kappa shape index (κ3) is 3.34. The molecule has 0 fully saturated rings. The molecule has 1 aromatic heterocycles. The van der Waals surface area contributed by atoms with Gasteiger partial charge in [-0.15, -0.1) is 0 Å². The molecule has 20 heavy (non-hydrogen) atoms. The summed E-state index contributed by atoms with van der Waals surface area (Å²) in [4.78, 5) is 34.4. The first kappa shape index (κ1) is 15.7. The lowest BCUT2D eigenvalue weighted by Crippen LogP contribution is -2.36. The number of hydrogen-bond donors (Lipinski definition) is 1. The highest BCUT2D eigenvalue weighted by Crippen LogP contribution is 2.22. The molecule has 0 unspecified atom stereocenters. The Morgan fingerprint density at radius 3 is 2.50 bits per heavy atom. The van der Waals surface area contributed by atoms with Crippen molar-refractivity contribution in [2.75, 3.05) is 13.1 Å². The van der Waals surface area contributed by atoms with Gasteiger partial charge in [-0.05, 0) is 20.8 Å². The van der Waals surface area contributed by atoms with E-state index < -0.39 is 23.3 Å². The summed E-state index contributed by atoms with van der Waals surface area (Å²) >= 11 is 0. The topological polar surface area (TPSA) is 106 Å². The highest BCUT2D eigenvalue weighted by atomic mass is 16.6. The van der Waals surface area contributed by atoms with Crippen LogP contribution in [-0.2, 0) is 4.79 Å². The van der Waals surface area contributed by atoms with Crippen molar-refractivity contribution < 1.29 is 19.6 Å². The van der Waals surface area contributed by atoms with Crippen LogP contribution in [0.3, 0.4) is 0 Å². The van der Waals surface area contributed by atoms with Gasteiger partial charge in [0.2, 0.25) is 0 Å². The number of carbonyl (C=O) groups is 2. The molecule has 0 saturated heterocycles. The van der Waals surface area contributed by atoms with Crippen LogP contribution in [0.1, 0.15) is 37.3 Å². The van der Waals surface area contributed by atoms with Crippen molar-refractivity contribution >= 4 is 17.6 Å². The maximum atomic E-state index is 12.3. The molecule has 1 amide bonds. The number of nitrogens with zero attached hydrogens (tertiary/aromatic N) is 3. The number of carboxylic acid groups (broad SMARTS) is 1. The van der Waals surface area contributed by atoms with E-state index in [1.807, 2.05) is 0 Å². The molecule has 0 aliphatic carbocycles. The van der Waals surface area contributed by atoms with Gasteiger partial charge in [0.05, 0.1) is 11.1 Å². The smallest absolute Gasteiger partial charge is 0.323 e. The molecule has 0 spiro atoms.